The first kappa shape index (κ1) is 23.8. The van der Waals surface area contributed by atoms with Crippen LogP contribution >= 0.6 is 0 Å². The molecule has 0 spiro atoms. The smallest absolute Gasteiger partial charge is 0.445 e. The van der Waals surface area contributed by atoms with Crippen molar-refractivity contribution in [2.24, 2.45) is 0 Å². The number of amides is 1. The number of aryl methyl sites for hydroxylation is 1. The second kappa shape index (κ2) is 9.71. The second-order valence-electron chi connectivity index (χ2n) is 9.02. The lowest BCUT2D eigenvalue weighted by Crippen LogP contribution is -2.41. The molecule has 0 aliphatic carbocycles. The summed E-state index contributed by atoms with van der Waals surface area (Å²) in [7, 11) is -0.644. The fourth-order valence-electron chi connectivity index (χ4n) is 3.35. The summed E-state index contributed by atoms with van der Waals surface area (Å²) in [6.45, 7) is 10.2. The summed E-state index contributed by atoms with van der Waals surface area (Å²) in [6, 6.07) is 15.1. The first-order valence-corrected chi connectivity index (χ1v) is 10.7. The Morgan fingerprint density at radius 1 is 1.03 bits per heavy atom. The van der Waals surface area contributed by atoms with Gasteiger partial charge in [0.25, 0.3) is 0 Å². The largest absolute Gasteiger partial charge is 0.492 e. The molecule has 168 valence electrons. The van der Waals surface area contributed by atoms with Gasteiger partial charge in [0.2, 0.25) is 0 Å². The van der Waals surface area contributed by atoms with E-state index < -0.39 is 24.4 Å². The predicted octanol–water partition coefficient (Wildman–Crippen LogP) is 4.75. The van der Waals surface area contributed by atoms with Gasteiger partial charge in [0.15, 0.2) is 0 Å². The molecule has 32 heavy (non-hydrogen) atoms. The Morgan fingerprint density at radius 3 is 2.28 bits per heavy atom. The van der Waals surface area contributed by atoms with Crippen molar-refractivity contribution >= 4 is 25.6 Å². The third-order valence-corrected chi connectivity index (χ3v) is 5.82. The maximum Gasteiger partial charge on any atom is 0.492 e. The minimum Gasteiger partial charge on any atom is -0.445 e. The van der Waals surface area contributed by atoms with Crippen molar-refractivity contribution in [2.75, 3.05) is 6.54 Å². The number of carbonyl (C=O) groups is 2. The van der Waals surface area contributed by atoms with E-state index in [2.05, 4.69) is 5.32 Å². The molecule has 1 aliphatic heterocycles. The molecule has 1 amide bonds. The lowest BCUT2D eigenvalue weighted by molar-refractivity contribution is 0.00578. The Balaban J connectivity index is 1.77. The fourth-order valence-corrected chi connectivity index (χ4v) is 3.35. The average molecular weight is 435 g/mol. The molecule has 0 atom stereocenters. The fraction of sp³-hybridized carbons (Fsp3) is 0.360. The van der Waals surface area contributed by atoms with E-state index in [0.717, 1.165) is 28.4 Å². The molecule has 3 rings (SSSR count). The van der Waals surface area contributed by atoms with E-state index >= 15 is 0 Å². The zero-order valence-corrected chi connectivity index (χ0v) is 19.3. The van der Waals surface area contributed by atoms with E-state index in [9.17, 15) is 9.59 Å². The molecular weight excluding hydrogens is 405 g/mol. The quantitative estimate of drug-likeness (QED) is 0.502. The number of carbonyl (C=O) groups excluding carboxylic acids is 2. The Morgan fingerprint density at radius 2 is 1.66 bits per heavy atom. The van der Waals surface area contributed by atoms with Crippen molar-refractivity contribution in [3.05, 3.63) is 76.3 Å². The van der Waals surface area contributed by atoms with E-state index in [1.807, 2.05) is 83.2 Å². The van der Waals surface area contributed by atoms with Crippen LogP contribution < -0.4 is 5.32 Å². The third-order valence-electron chi connectivity index (χ3n) is 5.82. The summed E-state index contributed by atoms with van der Waals surface area (Å²) in [6.07, 6.45) is 2.17. The molecule has 1 fully saturated rings. The lowest BCUT2D eigenvalue weighted by Gasteiger charge is -2.32. The number of aldehydes is 1. The zero-order valence-electron chi connectivity index (χ0n) is 19.3. The maximum absolute atomic E-state index is 12.3. The first-order valence-electron chi connectivity index (χ1n) is 10.7. The van der Waals surface area contributed by atoms with E-state index in [1.165, 1.54) is 0 Å². The summed E-state index contributed by atoms with van der Waals surface area (Å²) in [4.78, 5) is 23.6. The average Bonchev–Trinajstić information content (AvgIpc) is 2.96. The van der Waals surface area contributed by atoms with Gasteiger partial charge in [-0.3, -0.25) is 4.79 Å². The first-order chi connectivity index (χ1) is 15.1. The summed E-state index contributed by atoms with van der Waals surface area (Å²) in [5.41, 5.74) is 2.96. The summed E-state index contributed by atoms with van der Waals surface area (Å²) in [5.74, 6) is 0. The SMILES string of the molecule is Cc1cc(C=O)cc(C=C(CNC(=O)OCc2ccccc2)B2OC(C)(C)C(C)(C)O2)c1. The number of hydrogen-bond donors (Lipinski definition) is 1. The van der Waals surface area contributed by atoms with Crippen LogP contribution in [-0.4, -0.2) is 37.2 Å². The van der Waals surface area contributed by atoms with Crippen LogP contribution in [0.25, 0.3) is 6.08 Å². The Kier molecular flexibility index (Phi) is 7.21. The molecule has 1 aliphatic rings. The van der Waals surface area contributed by atoms with E-state index in [1.54, 1.807) is 6.07 Å². The number of ether oxygens (including phenoxy) is 1. The van der Waals surface area contributed by atoms with Gasteiger partial charge in [0.05, 0.1) is 11.2 Å². The van der Waals surface area contributed by atoms with Crippen LogP contribution in [0.4, 0.5) is 4.79 Å². The monoisotopic (exact) mass is 435 g/mol. The van der Waals surface area contributed by atoms with Crippen molar-refractivity contribution < 1.29 is 23.6 Å². The Bertz CT molecular complexity index is 985. The van der Waals surface area contributed by atoms with Gasteiger partial charge in [0.1, 0.15) is 12.9 Å². The molecule has 7 heteroatoms. The third kappa shape index (κ3) is 5.87. The van der Waals surface area contributed by atoms with Crippen molar-refractivity contribution in [2.45, 2.75) is 52.4 Å². The van der Waals surface area contributed by atoms with Crippen molar-refractivity contribution in [3.63, 3.8) is 0 Å². The van der Waals surface area contributed by atoms with Gasteiger partial charge in [-0.15, -0.1) is 0 Å². The molecule has 0 unspecified atom stereocenters. The van der Waals surface area contributed by atoms with Gasteiger partial charge in [-0.1, -0.05) is 42.5 Å². The summed E-state index contributed by atoms with van der Waals surface area (Å²) < 4.78 is 17.7. The molecule has 6 nitrogen and oxygen atoms in total. The highest BCUT2D eigenvalue weighted by atomic mass is 16.7. The molecule has 1 saturated heterocycles. The molecule has 2 aromatic rings. The van der Waals surface area contributed by atoms with Crippen LogP contribution in [0.5, 0.6) is 0 Å². The van der Waals surface area contributed by atoms with Gasteiger partial charge < -0.3 is 19.4 Å². The Hall–Kier alpha value is -2.90. The molecule has 0 bridgehead atoms. The van der Waals surface area contributed by atoms with Crippen molar-refractivity contribution in [1.29, 1.82) is 0 Å². The number of hydrogen-bond acceptors (Lipinski definition) is 5. The number of nitrogens with one attached hydrogen (secondary N) is 1. The molecule has 0 radical (unpaired) electrons. The van der Waals surface area contributed by atoms with Gasteiger partial charge >= 0.3 is 13.2 Å². The maximum atomic E-state index is 12.3. The second-order valence-corrected chi connectivity index (χ2v) is 9.02. The molecule has 1 N–H and O–H groups in total. The van der Waals surface area contributed by atoms with E-state index in [0.29, 0.717) is 5.56 Å². The normalized spacial score (nSPS) is 17.2. The van der Waals surface area contributed by atoms with Gasteiger partial charge in [-0.05, 0) is 68.9 Å². The van der Waals surface area contributed by atoms with Crippen LogP contribution in [0.15, 0.2) is 54.0 Å². The minimum atomic E-state index is -0.644. The topological polar surface area (TPSA) is 73.9 Å². The van der Waals surface area contributed by atoms with Crippen molar-refractivity contribution in [1.82, 2.24) is 5.32 Å². The summed E-state index contributed by atoms with van der Waals surface area (Å²) >= 11 is 0. The van der Waals surface area contributed by atoms with Crippen LogP contribution in [-0.2, 0) is 20.7 Å². The summed E-state index contributed by atoms with van der Waals surface area (Å²) in [5, 5.41) is 2.79. The van der Waals surface area contributed by atoms with Gasteiger partial charge in [-0.25, -0.2) is 4.79 Å². The molecular formula is C25H30BNO5. The van der Waals surface area contributed by atoms with Crippen molar-refractivity contribution in [3.8, 4) is 0 Å². The molecule has 0 saturated carbocycles. The van der Waals surface area contributed by atoms with E-state index in [-0.39, 0.29) is 13.2 Å². The number of rotatable bonds is 7. The lowest BCUT2D eigenvalue weighted by atomic mass is 9.77. The van der Waals surface area contributed by atoms with Crippen LogP contribution in [0.2, 0.25) is 0 Å². The number of benzene rings is 2. The van der Waals surface area contributed by atoms with Gasteiger partial charge in [0, 0.05) is 12.1 Å². The van der Waals surface area contributed by atoms with Crippen LogP contribution in [0.3, 0.4) is 0 Å². The highest BCUT2D eigenvalue weighted by molar-refractivity contribution is 6.56. The van der Waals surface area contributed by atoms with Gasteiger partial charge in [-0.2, -0.15) is 0 Å². The highest BCUT2D eigenvalue weighted by Gasteiger charge is 2.52. The standard InChI is InChI=1S/C25H30BNO5/c1-18-11-20(13-21(12-18)16-28)14-22(26-31-24(2,3)25(4,5)32-26)15-27-23(29)30-17-19-9-7-6-8-10-19/h6-14,16H,15,17H2,1-5H3,(H,27,29). The molecule has 2 aromatic carbocycles. The predicted molar refractivity (Wildman–Crippen MR) is 125 cm³/mol. The zero-order chi connectivity index (χ0) is 23.4. The van der Waals surface area contributed by atoms with Crippen LogP contribution in [0.1, 0.15) is 54.7 Å². The highest BCUT2D eigenvalue weighted by Crippen LogP contribution is 2.38. The number of alkyl carbamates (subject to hydrolysis) is 1. The molecule has 0 aromatic heterocycles. The van der Waals surface area contributed by atoms with Crippen LogP contribution in [0, 0.1) is 6.92 Å². The minimum absolute atomic E-state index is 0.175. The Labute approximate surface area is 190 Å². The molecule has 1 heterocycles. The van der Waals surface area contributed by atoms with E-state index in [4.69, 9.17) is 14.0 Å².